The summed E-state index contributed by atoms with van der Waals surface area (Å²) in [5.41, 5.74) is 4.13. The van der Waals surface area contributed by atoms with Crippen molar-refractivity contribution in [2.24, 2.45) is 0 Å². The van der Waals surface area contributed by atoms with E-state index in [1.165, 1.54) is 16.9 Å². The van der Waals surface area contributed by atoms with Gasteiger partial charge in [-0.3, -0.25) is 0 Å². The lowest BCUT2D eigenvalue weighted by molar-refractivity contribution is 1.21. The molecule has 0 bridgehead atoms. The van der Waals surface area contributed by atoms with Crippen LogP contribution >= 0.6 is 0 Å². The standard InChI is InChI=1S/C16H19NSi/c1-12-9-10-14-16(11-12)18(3,4)15-8-6-5-7-13(15)17(14)2/h5-11H,1-4H3. The lowest BCUT2D eigenvalue weighted by Crippen LogP contribution is -2.58. The molecule has 0 radical (unpaired) electrons. The van der Waals surface area contributed by atoms with Crippen molar-refractivity contribution in [1.29, 1.82) is 0 Å². The van der Waals surface area contributed by atoms with Gasteiger partial charge in [0.25, 0.3) is 0 Å². The molecule has 1 aliphatic rings. The van der Waals surface area contributed by atoms with Crippen LogP contribution < -0.4 is 15.3 Å². The van der Waals surface area contributed by atoms with Crippen LogP contribution in [0.15, 0.2) is 42.5 Å². The molecule has 0 fully saturated rings. The van der Waals surface area contributed by atoms with Gasteiger partial charge in [-0.05, 0) is 29.4 Å². The van der Waals surface area contributed by atoms with Crippen molar-refractivity contribution in [3.8, 4) is 0 Å². The molecular formula is C16H19NSi. The third-order valence-electron chi connectivity index (χ3n) is 4.13. The maximum Gasteiger partial charge on any atom is 0.117 e. The molecule has 0 aromatic heterocycles. The number of hydrogen-bond acceptors (Lipinski definition) is 1. The maximum atomic E-state index is 2.46. The molecule has 0 unspecified atom stereocenters. The van der Waals surface area contributed by atoms with Crippen LogP contribution in [0.1, 0.15) is 5.56 Å². The monoisotopic (exact) mass is 253 g/mol. The lowest BCUT2D eigenvalue weighted by Gasteiger charge is -2.39. The first-order valence-corrected chi connectivity index (χ1v) is 9.46. The molecule has 3 rings (SSSR count). The molecule has 0 amide bonds. The smallest absolute Gasteiger partial charge is 0.117 e. The van der Waals surface area contributed by atoms with Crippen LogP contribution in [0.3, 0.4) is 0 Å². The van der Waals surface area contributed by atoms with E-state index in [2.05, 4.69) is 74.4 Å². The quantitative estimate of drug-likeness (QED) is 0.653. The van der Waals surface area contributed by atoms with Crippen molar-refractivity contribution in [2.75, 3.05) is 11.9 Å². The summed E-state index contributed by atoms with van der Waals surface area (Å²) in [6, 6.07) is 15.7. The predicted molar refractivity (Wildman–Crippen MR) is 82.4 cm³/mol. The van der Waals surface area contributed by atoms with Gasteiger partial charge in [-0.15, -0.1) is 0 Å². The van der Waals surface area contributed by atoms with Crippen LogP contribution in [-0.2, 0) is 0 Å². The second-order valence-corrected chi connectivity index (χ2v) is 10.0. The summed E-state index contributed by atoms with van der Waals surface area (Å²) in [5.74, 6) is 0. The van der Waals surface area contributed by atoms with E-state index >= 15 is 0 Å². The van der Waals surface area contributed by atoms with E-state index in [0.29, 0.717) is 0 Å². The zero-order valence-corrected chi connectivity index (χ0v) is 12.5. The minimum atomic E-state index is -1.55. The predicted octanol–water partition coefficient (Wildman–Crippen LogP) is 2.90. The van der Waals surface area contributed by atoms with Crippen LogP contribution in [0, 0.1) is 6.92 Å². The second-order valence-electron chi connectivity index (χ2n) is 5.72. The number of fused-ring (bicyclic) bond motifs is 2. The molecule has 0 spiro atoms. The highest BCUT2D eigenvalue weighted by Crippen LogP contribution is 2.30. The number of rotatable bonds is 0. The van der Waals surface area contributed by atoms with Gasteiger partial charge in [0.2, 0.25) is 0 Å². The van der Waals surface area contributed by atoms with Crippen molar-refractivity contribution < 1.29 is 0 Å². The molecule has 2 heteroatoms. The fourth-order valence-electron chi connectivity index (χ4n) is 3.01. The van der Waals surface area contributed by atoms with Crippen molar-refractivity contribution in [1.82, 2.24) is 0 Å². The van der Waals surface area contributed by atoms with E-state index in [4.69, 9.17) is 0 Å². The summed E-state index contributed by atoms with van der Waals surface area (Å²) in [5, 5.41) is 3.11. The molecule has 0 saturated carbocycles. The molecular weight excluding hydrogens is 234 g/mol. The summed E-state index contributed by atoms with van der Waals surface area (Å²) in [7, 11) is 0.631. The molecule has 0 atom stereocenters. The highest BCUT2D eigenvalue weighted by atomic mass is 28.3. The number of anilines is 2. The number of hydrogen-bond donors (Lipinski definition) is 0. The highest BCUT2D eigenvalue weighted by Gasteiger charge is 2.36. The Bertz CT molecular complexity index is 616. The third kappa shape index (κ3) is 1.45. The Morgan fingerprint density at radius 2 is 1.56 bits per heavy atom. The van der Waals surface area contributed by atoms with Gasteiger partial charge >= 0.3 is 0 Å². The van der Waals surface area contributed by atoms with E-state index in [1.807, 2.05) is 0 Å². The fraction of sp³-hybridized carbons (Fsp3) is 0.250. The number of nitrogens with zero attached hydrogens (tertiary/aromatic N) is 1. The summed E-state index contributed by atoms with van der Waals surface area (Å²) in [6.45, 7) is 7.10. The van der Waals surface area contributed by atoms with E-state index in [9.17, 15) is 0 Å². The Morgan fingerprint density at radius 3 is 2.33 bits per heavy atom. The van der Waals surface area contributed by atoms with Crippen molar-refractivity contribution >= 4 is 29.8 Å². The van der Waals surface area contributed by atoms with Gasteiger partial charge in [0.15, 0.2) is 0 Å². The molecule has 1 aliphatic heterocycles. The van der Waals surface area contributed by atoms with Gasteiger partial charge in [-0.1, -0.05) is 49.0 Å². The zero-order valence-electron chi connectivity index (χ0n) is 11.5. The van der Waals surface area contributed by atoms with Gasteiger partial charge in [0, 0.05) is 18.4 Å². The van der Waals surface area contributed by atoms with Crippen LogP contribution in [0.2, 0.25) is 13.1 Å². The van der Waals surface area contributed by atoms with Crippen molar-refractivity contribution in [2.45, 2.75) is 20.0 Å². The minimum absolute atomic E-state index is 1.36. The van der Waals surface area contributed by atoms with E-state index in [-0.39, 0.29) is 0 Å². The molecule has 0 aliphatic carbocycles. The first kappa shape index (κ1) is 11.5. The topological polar surface area (TPSA) is 3.24 Å². The molecule has 2 aromatic carbocycles. The van der Waals surface area contributed by atoms with E-state index in [1.54, 1.807) is 10.4 Å². The second kappa shape index (κ2) is 3.72. The first-order valence-electron chi connectivity index (χ1n) is 6.46. The Hall–Kier alpha value is -1.54. The van der Waals surface area contributed by atoms with Crippen LogP contribution in [0.4, 0.5) is 11.4 Å². The summed E-state index contributed by atoms with van der Waals surface area (Å²) in [6.07, 6.45) is 0. The molecule has 0 saturated heterocycles. The largest absolute Gasteiger partial charge is 0.345 e. The normalized spacial score (nSPS) is 16.1. The fourth-order valence-corrected chi connectivity index (χ4v) is 6.19. The highest BCUT2D eigenvalue weighted by molar-refractivity contribution is 7.02. The molecule has 92 valence electrons. The summed E-state index contributed by atoms with van der Waals surface area (Å²) >= 11 is 0. The third-order valence-corrected chi connectivity index (χ3v) is 7.64. The number of aryl methyl sites for hydroxylation is 1. The van der Waals surface area contributed by atoms with E-state index < -0.39 is 8.07 Å². The molecule has 0 N–H and O–H groups in total. The maximum absolute atomic E-state index is 2.46. The van der Waals surface area contributed by atoms with Crippen molar-refractivity contribution in [3.05, 3.63) is 48.0 Å². The average molecular weight is 253 g/mol. The van der Waals surface area contributed by atoms with Gasteiger partial charge in [-0.2, -0.15) is 0 Å². The lowest BCUT2D eigenvalue weighted by atomic mass is 10.2. The Balaban J connectivity index is 2.33. The Kier molecular flexibility index (Phi) is 2.39. The van der Waals surface area contributed by atoms with Gasteiger partial charge in [0.05, 0.1) is 0 Å². The van der Waals surface area contributed by atoms with Crippen LogP contribution in [0.5, 0.6) is 0 Å². The molecule has 2 aromatic rings. The molecule has 18 heavy (non-hydrogen) atoms. The Morgan fingerprint density at radius 1 is 0.889 bits per heavy atom. The summed E-state index contributed by atoms with van der Waals surface area (Å²) in [4.78, 5) is 2.34. The molecule has 1 heterocycles. The van der Waals surface area contributed by atoms with E-state index in [0.717, 1.165) is 0 Å². The molecule has 1 nitrogen and oxygen atoms in total. The van der Waals surface area contributed by atoms with Gasteiger partial charge < -0.3 is 4.90 Å². The van der Waals surface area contributed by atoms with Crippen LogP contribution in [0.25, 0.3) is 0 Å². The van der Waals surface area contributed by atoms with Gasteiger partial charge in [-0.25, -0.2) is 0 Å². The SMILES string of the molecule is Cc1ccc2c(c1)[Si](C)(C)c1ccccc1N2C. The van der Waals surface area contributed by atoms with Crippen LogP contribution in [-0.4, -0.2) is 15.1 Å². The van der Waals surface area contributed by atoms with Crippen molar-refractivity contribution in [3.63, 3.8) is 0 Å². The number of benzene rings is 2. The zero-order chi connectivity index (χ0) is 12.9. The first-order chi connectivity index (χ1) is 8.51. The average Bonchev–Trinajstić information content (AvgIpc) is 2.36. The summed E-state index contributed by atoms with van der Waals surface area (Å²) < 4.78 is 0. The number of para-hydroxylation sites is 1. The van der Waals surface area contributed by atoms with Gasteiger partial charge in [0.1, 0.15) is 8.07 Å². The minimum Gasteiger partial charge on any atom is -0.345 e. The Labute approximate surface area is 110 Å².